The lowest BCUT2D eigenvalue weighted by atomic mass is 10.2. The summed E-state index contributed by atoms with van der Waals surface area (Å²) < 4.78 is 10.9. The second-order valence-electron chi connectivity index (χ2n) is 5.74. The maximum Gasteiger partial charge on any atom is 0.342 e. The van der Waals surface area contributed by atoms with Crippen molar-refractivity contribution < 1.29 is 19.1 Å². The molecule has 0 unspecified atom stereocenters. The summed E-state index contributed by atoms with van der Waals surface area (Å²) in [6, 6.07) is 23.3. The van der Waals surface area contributed by atoms with Gasteiger partial charge in [0.15, 0.2) is 6.61 Å². The molecule has 0 aliphatic heterocycles. The van der Waals surface area contributed by atoms with E-state index in [2.05, 4.69) is 5.32 Å². The van der Waals surface area contributed by atoms with Gasteiger partial charge < -0.3 is 14.8 Å². The SMILES string of the molecule is CSc1ccccc1NC(=O)COC(=O)c1ccccc1Oc1ccccc1. The summed E-state index contributed by atoms with van der Waals surface area (Å²) in [4.78, 5) is 25.5. The molecule has 0 aliphatic rings. The Kier molecular flexibility index (Phi) is 6.70. The van der Waals surface area contributed by atoms with Crippen LogP contribution < -0.4 is 10.1 Å². The minimum Gasteiger partial charge on any atom is -0.456 e. The maximum absolute atomic E-state index is 12.4. The molecule has 0 aromatic heterocycles. The van der Waals surface area contributed by atoms with Gasteiger partial charge in [-0.1, -0.05) is 42.5 Å². The fraction of sp³-hybridized carbons (Fsp3) is 0.0909. The number of carbonyl (C=O) groups excluding carboxylic acids is 2. The number of amides is 1. The number of esters is 1. The van der Waals surface area contributed by atoms with Crippen LogP contribution in [0.2, 0.25) is 0 Å². The molecule has 5 nitrogen and oxygen atoms in total. The third-order valence-corrected chi connectivity index (χ3v) is 4.59. The Morgan fingerprint density at radius 2 is 1.57 bits per heavy atom. The number of thioether (sulfide) groups is 1. The van der Waals surface area contributed by atoms with Crippen LogP contribution in [0, 0.1) is 0 Å². The Bertz CT molecular complexity index is 960. The molecule has 3 aromatic rings. The summed E-state index contributed by atoms with van der Waals surface area (Å²) in [5.74, 6) is -0.0582. The fourth-order valence-electron chi connectivity index (χ4n) is 2.48. The monoisotopic (exact) mass is 393 g/mol. The Morgan fingerprint density at radius 1 is 0.893 bits per heavy atom. The Balaban J connectivity index is 1.63. The van der Waals surface area contributed by atoms with Crippen LogP contribution in [-0.4, -0.2) is 24.7 Å². The first-order chi connectivity index (χ1) is 13.7. The molecule has 3 rings (SSSR count). The van der Waals surface area contributed by atoms with E-state index in [0.717, 1.165) is 4.90 Å². The van der Waals surface area contributed by atoms with Crippen LogP contribution in [-0.2, 0) is 9.53 Å². The first-order valence-electron chi connectivity index (χ1n) is 8.59. The molecule has 0 bridgehead atoms. The molecule has 0 saturated carbocycles. The molecule has 0 fully saturated rings. The highest BCUT2D eigenvalue weighted by Gasteiger charge is 2.16. The number of nitrogens with one attached hydrogen (secondary N) is 1. The number of carbonyl (C=O) groups is 2. The maximum atomic E-state index is 12.4. The van der Waals surface area contributed by atoms with Crippen molar-refractivity contribution in [1.82, 2.24) is 0 Å². The lowest BCUT2D eigenvalue weighted by molar-refractivity contribution is -0.119. The topological polar surface area (TPSA) is 64.6 Å². The first-order valence-corrected chi connectivity index (χ1v) is 9.82. The average molecular weight is 393 g/mol. The molecular weight excluding hydrogens is 374 g/mol. The number of rotatable bonds is 7. The zero-order chi connectivity index (χ0) is 19.8. The van der Waals surface area contributed by atoms with Gasteiger partial charge in [0, 0.05) is 4.90 Å². The minimum atomic E-state index is -0.625. The predicted molar refractivity (Wildman–Crippen MR) is 110 cm³/mol. The molecule has 6 heteroatoms. The highest BCUT2D eigenvalue weighted by molar-refractivity contribution is 7.98. The van der Waals surface area contributed by atoms with Gasteiger partial charge in [-0.15, -0.1) is 11.8 Å². The Morgan fingerprint density at radius 3 is 2.36 bits per heavy atom. The van der Waals surface area contributed by atoms with E-state index in [1.807, 2.05) is 42.7 Å². The molecule has 0 heterocycles. The van der Waals surface area contributed by atoms with Crippen molar-refractivity contribution in [3.05, 3.63) is 84.4 Å². The van der Waals surface area contributed by atoms with E-state index in [4.69, 9.17) is 9.47 Å². The number of hydrogen-bond donors (Lipinski definition) is 1. The highest BCUT2D eigenvalue weighted by Crippen LogP contribution is 2.26. The molecule has 0 atom stereocenters. The largest absolute Gasteiger partial charge is 0.456 e. The van der Waals surface area contributed by atoms with Gasteiger partial charge in [-0.25, -0.2) is 4.79 Å². The van der Waals surface area contributed by atoms with Gasteiger partial charge >= 0.3 is 5.97 Å². The second-order valence-corrected chi connectivity index (χ2v) is 6.58. The van der Waals surface area contributed by atoms with Gasteiger partial charge in [0.25, 0.3) is 5.91 Å². The number of anilines is 1. The molecule has 1 N–H and O–H groups in total. The van der Waals surface area contributed by atoms with Crippen molar-refractivity contribution in [3.8, 4) is 11.5 Å². The van der Waals surface area contributed by atoms with E-state index in [1.54, 1.807) is 42.5 Å². The fourth-order valence-corrected chi connectivity index (χ4v) is 3.04. The Hall–Kier alpha value is -3.25. The third kappa shape index (κ3) is 5.14. The lowest BCUT2D eigenvalue weighted by Crippen LogP contribution is -2.21. The molecule has 1 amide bonds. The molecule has 0 aliphatic carbocycles. The zero-order valence-corrected chi connectivity index (χ0v) is 16.1. The van der Waals surface area contributed by atoms with Crippen LogP contribution in [0.15, 0.2) is 83.8 Å². The molecule has 0 saturated heterocycles. The van der Waals surface area contributed by atoms with Crippen molar-refractivity contribution in [1.29, 1.82) is 0 Å². The number of ether oxygens (including phenoxy) is 2. The van der Waals surface area contributed by atoms with E-state index in [9.17, 15) is 9.59 Å². The number of para-hydroxylation sites is 3. The van der Waals surface area contributed by atoms with E-state index < -0.39 is 11.9 Å². The third-order valence-electron chi connectivity index (χ3n) is 3.79. The van der Waals surface area contributed by atoms with Crippen molar-refractivity contribution >= 4 is 29.3 Å². The number of benzene rings is 3. The zero-order valence-electron chi connectivity index (χ0n) is 15.3. The molecule has 3 aromatic carbocycles. The predicted octanol–water partition coefficient (Wildman–Crippen LogP) is 5.00. The van der Waals surface area contributed by atoms with Gasteiger partial charge in [0.2, 0.25) is 0 Å². The molecule has 28 heavy (non-hydrogen) atoms. The summed E-state index contributed by atoms with van der Waals surface area (Å²) in [5, 5.41) is 2.75. The quantitative estimate of drug-likeness (QED) is 0.452. The first kappa shape index (κ1) is 19.5. The number of hydrogen-bond acceptors (Lipinski definition) is 5. The smallest absolute Gasteiger partial charge is 0.342 e. The van der Waals surface area contributed by atoms with Gasteiger partial charge in [-0.3, -0.25) is 4.79 Å². The van der Waals surface area contributed by atoms with Crippen molar-refractivity contribution in [3.63, 3.8) is 0 Å². The summed E-state index contributed by atoms with van der Waals surface area (Å²) >= 11 is 1.52. The average Bonchev–Trinajstić information content (AvgIpc) is 2.73. The summed E-state index contributed by atoms with van der Waals surface area (Å²) in [6.45, 7) is -0.388. The van der Waals surface area contributed by atoms with E-state index in [0.29, 0.717) is 17.2 Å². The van der Waals surface area contributed by atoms with Crippen LogP contribution in [0.4, 0.5) is 5.69 Å². The minimum absolute atomic E-state index is 0.253. The van der Waals surface area contributed by atoms with E-state index >= 15 is 0 Å². The van der Waals surface area contributed by atoms with Crippen LogP contribution in [0.5, 0.6) is 11.5 Å². The van der Waals surface area contributed by atoms with Crippen LogP contribution in [0.25, 0.3) is 0 Å². The van der Waals surface area contributed by atoms with Crippen LogP contribution in [0.1, 0.15) is 10.4 Å². The van der Waals surface area contributed by atoms with Gasteiger partial charge in [-0.05, 0) is 42.7 Å². The normalized spacial score (nSPS) is 10.2. The molecule has 142 valence electrons. The van der Waals surface area contributed by atoms with Crippen LogP contribution in [0.3, 0.4) is 0 Å². The van der Waals surface area contributed by atoms with Gasteiger partial charge in [0.05, 0.1) is 5.69 Å². The second kappa shape index (κ2) is 9.62. The van der Waals surface area contributed by atoms with E-state index in [-0.39, 0.29) is 12.2 Å². The summed E-state index contributed by atoms with van der Waals surface area (Å²) in [7, 11) is 0. The van der Waals surface area contributed by atoms with Crippen molar-refractivity contribution in [2.24, 2.45) is 0 Å². The highest BCUT2D eigenvalue weighted by atomic mass is 32.2. The lowest BCUT2D eigenvalue weighted by Gasteiger charge is -2.12. The van der Waals surface area contributed by atoms with Crippen molar-refractivity contribution in [2.75, 3.05) is 18.2 Å². The van der Waals surface area contributed by atoms with Gasteiger partial charge in [0.1, 0.15) is 17.1 Å². The molecule has 0 spiro atoms. The summed E-state index contributed by atoms with van der Waals surface area (Å²) in [5.41, 5.74) is 0.938. The van der Waals surface area contributed by atoms with Gasteiger partial charge in [-0.2, -0.15) is 0 Å². The summed E-state index contributed by atoms with van der Waals surface area (Å²) in [6.07, 6.45) is 1.93. The van der Waals surface area contributed by atoms with Crippen molar-refractivity contribution in [2.45, 2.75) is 4.90 Å². The van der Waals surface area contributed by atoms with E-state index in [1.165, 1.54) is 11.8 Å². The molecular formula is C22H19NO4S. The van der Waals surface area contributed by atoms with Crippen LogP contribution >= 0.6 is 11.8 Å². The standard InChI is InChI=1S/C22H19NO4S/c1-28-20-14-8-6-12-18(20)23-21(24)15-26-22(25)17-11-5-7-13-19(17)27-16-9-3-2-4-10-16/h2-14H,15H2,1H3,(H,23,24). The Labute approximate surface area is 167 Å². The molecule has 0 radical (unpaired) electrons.